The number of hydrogen-bond acceptors (Lipinski definition) is 8. The fraction of sp³-hybridized carbons (Fsp3) is 0.533. The zero-order valence-electron chi connectivity index (χ0n) is 24.9. The molecule has 0 radical (unpaired) electrons. The van der Waals surface area contributed by atoms with Crippen molar-refractivity contribution < 1.29 is 32.6 Å². The molecule has 11 nitrogen and oxygen atoms in total. The number of carbonyl (C=O) groups is 2. The number of anilines is 1. The topological polar surface area (TPSA) is 129 Å². The Morgan fingerprint density at radius 2 is 1.88 bits per heavy atom. The summed E-state index contributed by atoms with van der Waals surface area (Å²) in [6, 6.07) is 10.7. The van der Waals surface area contributed by atoms with Gasteiger partial charge in [-0.25, -0.2) is 8.42 Å². The molecule has 2 amide bonds. The molecular weight excluding hydrogens is 596 g/mol. The van der Waals surface area contributed by atoms with Gasteiger partial charge in [0.15, 0.2) is 0 Å². The highest BCUT2D eigenvalue weighted by Crippen LogP contribution is 2.30. The number of aliphatic hydroxyl groups is 1. The number of likely N-dealkylation sites (N-methyl/N-ethyl adjacent to an activating group) is 1. The summed E-state index contributed by atoms with van der Waals surface area (Å²) in [4.78, 5) is 30.1. The highest BCUT2D eigenvalue weighted by molar-refractivity contribution is 7.89. The number of sulfonamides is 1. The van der Waals surface area contributed by atoms with E-state index in [0.29, 0.717) is 48.2 Å². The van der Waals surface area contributed by atoms with Gasteiger partial charge in [0, 0.05) is 61.8 Å². The Hall–Kier alpha value is -2.74. The third kappa shape index (κ3) is 8.68. The number of carbonyl (C=O) groups excluding carboxylic acids is 2. The highest BCUT2D eigenvalue weighted by Gasteiger charge is 2.33. The van der Waals surface area contributed by atoms with Crippen LogP contribution < -0.4 is 10.1 Å². The molecule has 0 bridgehead atoms. The van der Waals surface area contributed by atoms with Gasteiger partial charge in [-0.15, -0.1) is 0 Å². The number of ether oxygens (including phenoxy) is 2. The van der Waals surface area contributed by atoms with Crippen molar-refractivity contribution >= 4 is 39.1 Å². The van der Waals surface area contributed by atoms with E-state index in [1.165, 1.54) is 35.6 Å². The second-order valence-electron chi connectivity index (χ2n) is 11.2. The van der Waals surface area contributed by atoms with Crippen molar-refractivity contribution in [2.24, 2.45) is 5.92 Å². The van der Waals surface area contributed by atoms with Gasteiger partial charge in [0.25, 0.3) is 0 Å². The number of rotatable bonds is 10. The molecule has 0 spiro atoms. The Morgan fingerprint density at radius 1 is 1.19 bits per heavy atom. The first-order valence-corrected chi connectivity index (χ1v) is 16.3. The van der Waals surface area contributed by atoms with E-state index >= 15 is 0 Å². The summed E-state index contributed by atoms with van der Waals surface area (Å²) in [6.07, 6.45) is -0.309. The number of benzene rings is 2. The second kappa shape index (κ2) is 14.8. The quantitative estimate of drug-likeness (QED) is 0.407. The summed E-state index contributed by atoms with van der Waals surface area (Å²) in [7, 11) is -2.36. The molecule has 0 aliphatic carbocycles. The predicted molar refractivity (Wildman–Crippen MR) is 164 cm³/mol. The maximum absolute atomic E-state index is 13.5. The molecule has 13 heteroatoms. The first-order valence-electron chi connectivity index (χ1n) is 14.5. The van der Waals surface area contributed by atoms with Crippen molar-refractivity contribution in [2.45, 2.75) is 43.7 Å². The smallest absolute Gasteiger partial charge is 0.242 e. The molecule has 4 rings (SSSR count). The van der Waals surface area contributed by atoms with Crippen molar-refractivity contribution in [2.75, 3.05) is 64.9 Å². The van der Waals surface area contributed by atoms with Crippen LogP contribution in [0, 0.1) is 5.92 Å². The number of halogens is 1. The first-order chi connectivity index (χ1) is 20.5. The molecule has 0 unspecified atom stereocenters. The Kier molecular flexibility index (Phi) is 11.4. The largest absolute Gasteiger partial charge is 0.488 e. The molecule has 1 fully saturated rings. The van der Waals surface area contributed by atoms with E-state index in [2.05, 4.69) is 10.2 Å². The van der Waals surface area contributed by atoms with Gasteiger partial charge in [-0.1, -0.05) is 18.5 Å². The SMILES string of the molecule is C[C@H](CO)N1C[C@H](C)[C@H](CN(C)S(=O)(=O)c2ccc(Cl)cc2)Oc2ccc(NC(=O)CCN3CCOCC3)cc2CC1=O. The van der Waals surface area contributed by atoms with E-state index in [4.69, 9.17) is 21.1 Å². The molecule has 2 heterocycles. The molecule has 2 aromatic carbocycles. The summed E-state index contributed by atoms with van der Waals surface area (Å²) in [5, 5.41) is 13.2. The van der Waals surface area contributed by atoms with Crippen LogP contribution in [0.2, 0.25) is 5.02 Å². The highest BCUT2D eigenvalue weighted by atomic mass is 35.5. The number of fused-ring (bicyclic) bond motifs is 1. The fourth-order valence-electron chi connectivity index (χ4n) is 5.17. The molecule has 0 saturated carbocycles. The Labute approximate surface area is 258 Å². The zero-order valence-corrected chi connectivity index (χ0v) is 26.4. The maximum Gasteiger partial charge on any atom is 0.242 e. The van der Waals surface area contributed by atoms with Crippen LogP contribution in [0.3, 0.4) is 0 Å². The summed E-state index contributed by atoms with van der Waals surface area (Å²) in [5.41, 5.74) is 1.10. The van der Waals surface area contributed by atoms with E-state index in [1.54, 1.807) is 30.0 Å². The normalized spacial score (nSPS) is 20.9. The van der Waals surface area contributed by atoms with Crippen LogP contribution in [0.25, 0.3) is 0 Å². The van der Waals surface area contributed by atoms with Crippen LogP contribution >= 0.6 is 11.6 Å². The minimum Gasteiger partial charge on any atom is -0.488 e. The minimum atomic E-state index is -3.85. The van der Waals surface area contributed by atoms with Crippen LogP contribution in [0.5, 0.6) is 5.75 Å². The molecule has 2 aliphatic rings. The van der Waals surface area contributed by atoms with Crippen molar-refractivity contribution in [1.82, 2.24) is 14.1 Å². The lowest BCUT2D eigenvalue weighted by molar-refractivity contribution is -0.134. The van der Waals surface area contributed by atoms with Gasteiger partial charge in [0.05, 0.1) is 43.7 Å². The fourth-order valence-corrected chi connectivity index (χ4v) is 6.48. The molecule has 0 aromatic heterocycles. The molecule has 1 saturated heterocycles. The van der Waals surface area contributed by atoms with E-state index in [-0.39, 0.29) is 48.7 Å². The van der Waals surface area contributed by atoms with E-state index < -0.39 is 22.2 Å². The van der Waals surface area contributed by atoms with Gasteiger partial charge in [0.2, 0.25) is 21.8 Å². The zero-order chi connectivity index (χ0) is 31.1. The lowest BCUT2D eigenvalue weighted by atomic mass is 10.0. The maximum atomic E-state index is 13.5. The minimum absolute atomic E-state index is 0.00445. The number of nitrogens with one attached hydrogen (secondary N) is 1. The standard InChI is InChI=1S/C30H41ClN4O7S/c1-21-18-35(22(2)20-36)30(38)17-23-16-25(32-29(37)10-11-34-12-14-41-15-13-34)6-9-27(23)42-28(21)19-33(3)43(39,40)26-7-4-24(31)5-8-26/h4-9,16,21-22,28,36H,10-15,17-20H2,1-3H3,(H,32,37)/t21-,22+,28-/m0/s1. The third-order valence-corrected chi connectivity index (χ3v) is 10.0. The molecule has 43 heavy (non-hydrogen) atoms. The van der Waals surface area contributed by atoms with Crippen molar-refractivity contribution in [3.63, 3.8) is 0 Å². The summed E-state index contributed by atoms with van der Waals surface area (Å²) in [6.45, 7) is 7.26. The summed E-state index contributed by atoms with van der Waals surface area (Å²) >= 11 is 5.96. The van der Waals surface area contributed by atoms with Gasteiger partial charge in [-0.3, -0.25) is 14.5 Å². The van der Waals surface area contributed by atoms with Crippen molar-refractivity contribution in [1.29, 1.82) is 0 Å². The number of amides is 2. The molecular formula is C30H41ClN4O7S. The Bertz CT molecular complexity index is 1370. The van der Waals surface area contributed by atoms with Crippen molar-refractivity contribution in [3.8, 4) is 5.75 Å². The van der Waals surface area contributed by atoms with Gasteiger partial charge < -0.3 is 24.8 Å². The van der Waals surface area contributed by atoms with Crippen LogP contribution in [0.15, 0.2) is 47.4 Å². The van der Waals surface area contributed by atoms with Crippen LogP contribution in [-0.4, -0.2) is 111 Å². The predicted octanol–water partition coefficient (Wildman–Crippen LogP) is 2.47. The monoisotopic (exact) mass is 636 g/mol. The third-order valence-electron chi connectivity index (χ3n) is 7.92. The molecule has 236 valence electrons. The molecule has 2 N–H and O–H groups in total. The Morgan fingerprint density at radius 3 is 2.56 bits per heavy atom. The van der Waals surface area contributed by atoms with Crippen LogP contribution in [0.1, 0.15) is 25.8 Å². The number of hydrogen-bond donors (Lipinski definition) is 2. The number of aliphatic hydroxyl groups excluding tert-OH is 1. The van der Waals surface area contributed by atoms with Gasteiger partial charge >= 0.3 is 0 Å². The number of morpholine rings is 1. The van der Waals surface area contributed by atoms with E-state index in [0.717, 1.165) is 13.1 Å². The van der Waals surface area contributed by atoms with Gasteiger partial charge in [0.1, 0.15) is 11.9 Å². The van der Waals surface area contributed by atoms with Crippen LogP contribution in [-0.2, 0) is 30.8 Å². The summed E-state index contributed by atoms with van der Waals surface area (Å²) < 4.78 is 39.7. The van der Waals surface area contributed by atoms with Gasteiger partial charge in [-0.2, -0.15) is 4.31 Å². The lowest BCUT2D eigenvalue weighted by Crippen LogP contribution is -2.48. The molecule has 3 atom stereocenters. The lowest BCUT2D eigenvalue weighted by Gasteiger charge is -2.33. The second-order valence-corrected chi connectivity index (χ2v) is 13.7. The van der Waals surface area contributed by atoms with Gasteiger partial charge in [-0.05, 0) is 49.4 Å². The van der Waals surface area contributed by atoms with Crippen LogP contribution in [0.4, 0.5) is 5.69 Å². The van der Waals surface area contributed by atoms with E-state index in [9.17, 15) is 23.1 Å². The molecule has 2 aromatic rings. The summed E-state index contributed by atoms with van der Waals surface area (Å²) in [5.74, 6) is -0.187. The number of nitrogens with zero attached hydrogens (tertiary/aromatic N) is 3. The molecule has 2 aliphatic heterocycles. The van der Waals surface area contributed by atoms with Crippen molar-refractivity contribution in [3.05, 3.63) is 53.1 Å². The average Bonchev–Trinajstić information content (AvgIpc) is 3.03. The van der Waals surface area contributed by atoms with E-state index in [1.807, 2.05) is 6.92 Å². The average molecular weight is 637 g/mol. The Balaban J connectivity index is 1.56. The first kappa shape index (κ1) is 33.2.